The molecule has 140 valence electrons. The largest absolute Gasteiger partial charge is 0.487 e. The summed E-state index contributed by atoms with van der Waals surface area (Å²) in [5, 5.41) is 9.38. The van der Waals surface area contributed by atoms with Crippen LogP contribution in [0.4, 0.5) is 0 Å². The Bertz CT molecular complexity index is 1020. The van der Waals surface area contributed by atoms with E-state index >= 15 is 0 Å². The van der Waals surface area contributed by atoms with Crippen LogP contribution in [0.3, 0.4) is 0 Å². The molecule has 4 rings (SSSR count). The summed E-state index contributed by atoms with van der Waals surface area (Å²) in [4.78, 5) is 4.24. The zero-order valence-electron chi connectivity index (χ0n) is 14.8. The fourth-order valence-corrected chi connectivity index (χ4v) is 3.29. The zero-order chi connectivity index (χ0) is 19.2. The summed E-state index contributed by atoms with van der Waals surface area (Å²) in [5.74, 6) is 2.02. The molecule has 0 unspecified atom stereocenters. The van der Waals surface area contributed by atoms with E-state index in [4.69, 9.17) is 20.8 Å². The van der Waals surface area contributed by atoms with Crippen molar-refractivity contribution in [3.63, 3.8) is 0 Å². The highest BCUT2D eigenvalue weighted by Gasteiger charge is 2.09. The van der Waals surface area contributed by atoms with Gasteiger partial charge in [-0.2, -0.15) is 0 Å². The average Bonchev–Trinajstić information content (AvgIpc) is 3.22. The van der Waals surface area contributed by atoms with Crippen molar-refractivity contribution in [3.8, 4) is 17.2 Å². The van der Waals surface area contributed by atoms with Gasteiger partial charge < -0.3 is 9.15 Å². The monoisotopic (exact) mass is 409 g/mol. The van der Waals surface area contributed by atoms with E-state index in [2.05, 4.69) is 15.2 Å². The van der Waals surface area contributed by atoms with Gasteiger partial charge in [0.1, 0.15) is 12.4 Å². The third-order valence-electron chi connectivity index (χ3n) is 3.90. The van der Waals surface area contributed by atoms with Gasteiger partial charge in [-0.3, -0.25) is 4.98 Å². The Hall–Kier alpha value is -2.83. The predicted octanol–water partition coefficient (Wildman–Crippen LogP) is 5.66. The number of rotatable bonds is 7. The normalized spacial score (nSPS) is 10.8. The predicted molar refractivity (Wildman–Crippen MR) is 109 cm³/mol. The van der Waals surface area contributed by atoms with E-state index in [0.29, 0.717) is 22.7 Å². The summed E-state index contributed by atoms with van der Waals surface area (Å²) in [6.07, 6.45) is 1.76. The Kier molecular flexibility index (Phi) is 5.89. The molecule has 0 aliphatic carbocycles. The summed E-state index contributed by atoms with van der Waals surface area (Å²) in [5.41, 5.74) is 2.88. The first-order valence-electron chi connectivity index (χ1n) is 8.60. The molecule has 0 saturated carbocycles. The van der Waals surface area contributed by atoms with E-state index in [0.717, 1.165) is 28.3 Å². The van der Waals surface area contributed by atoms with Gasteiger partial charge in [-0.15, -0.1) is 10.2 Å². The molecule has 4 aromatic rings. The second-order valence-corrected chi connectivity index (χ2v) is 7.29. The zero-order valence-corrected chi connectivity index (χ0v) is 16.4. The van der Waals surface area contributed by atoms with Gasteiger partial charge in [0.25, 0.3) is 5.22 Å². The minimum absolute atomic E-state index is 0.449. The van der Waals surface area contributed by atoms with E-state index in [1.165, 1.54) is 11.8 Å². The number of halogens is 1. The molecule has 0 amide bonds. The van der Waals surface area contributed by atoms with Crippen LogP contribution < -0.4 is 4.74 Å². The molecule has 2 aromatic heterocycles. The Labute approximate surface area is 171 Å². The second kappa shape index (κ2) is 8.91. The van der Waals surface area contributed by atoms with Crippen LogP contribution in [0.5, 0.6) is 5.75 Å². The highest BCUT2D eigenvalue weighted by Crippen LogP contribution is 2.27. The standard InChI is InChI=1S/C21H16ClN3O2S/c22-17-8-6-16(7-9-17)20-24-25-21(27-20)28-14-15-4-10-19(11-5-15)26-13-18-3-1-2-12-23-18/h1-12H,13-14H2. The van der Waals surface area contributed by atoms with Crippen molar-refractivity contribution >= 4 is 23.4 Å². The third-order valence-corrected chi connectivity index (χ3v) is 5.04. The first kappa shape index (κ1) is 18.5. The molecule has 0 spiro atoms. The molecule has 2 heterocycles. The molecule has 0 fully saturated rings. The van der Waals surface area contributed by atoms with Crippen LogP contribution in [0.2, 0.25) is 5.02 Å². The highest BCUT2D eigenvalue weighted by molar-refractivity contribution is 7.98. The molecule has 0 saturated heterocycles. The van der Waals surface area contributed by atoms with Crippen molar-refractivity contribution in [1.29, 1.82) is 0 Å². The number of hydrogen-bond donors (Lipinski definition) is 0. The summed E-state index contributed by atoms with van der Waals surface area (Å²) in [6, 6.07) is 21.0. The van der Waals surface area contributed by atoms with Crippen LogP contribution >= 0.6 is 23.4 Å². The lowest BCUT2D eigenvalue weighted by molar-refractivity contribution is 0.301. The van der Waals surface area contributed by atoms with Gasteiger partial charge in [-0.05, 0) is 54.1 Å². The van der Waals surface area contributed by atoms with Crippen molar-refractivity contribution in [2.45, 2.75) is 17.6 Å². The maximum absolute atomic E-state index is 5.90. The SMILES string of the molecule is Clc1ccc(-c2nnc(SCc3ccc(OCc4ccccn4)cc3)o2)cc1. The molecule has 0 bridgehead atoms. The Balaban J connectivity index is 1.31. The smallest absolute Gasteiger partial charge is 0.277 e. The van der Waals surface area contributed by atoms with Crippen LogP contribution in [0.1, 0.15) is 11.3 Å². The van der Waals surface area contributed by atoms with Crippen LogP contribution in [0.25, 0.3) is 11.5 Å². The van der Waals surface area contributed by atoms with Gasteiger partial charge in [0.05, 0.1) is 5.69 Å². The third kappa shape index (κ3) is 4.91. The number of ether oxygens (including phenoxy) is 1. The molecular weight excluding hydrogens is 394 g/mol. The lowest BCUT2D eigenvalue weighted by atomic mass is 10.2. The van der Waals surface area contributed by atoms with Crippen LogP contribution in [-0.2, 0) is 12.4 Å². The Morgan fingerprint density at radius 3 is 2.50 bits per heavy atom. The van der Waals surface area contributed by atoms with E-state index < -0.39 is 0 Å². The van der Waals surface area contributed by atoms with Crippen molar-refractivity contribution in [2.24, 2.45) is 0 Å². The summed E-state index contributed by atoms with van der Waals surface area (Å²) in [6.45, 7) is 0.449. The molecule has 7 heteroatoms. The van der Waals surface area contributed by atoms with Crippen molar-refractivity contribution in [3.05, 3.63) is 89.2 Å². The number of pyridine rings is 1. The van der Waals surface area contributed by atoms with Gasteiger partial charge >= 0.3 is 0 Å². The van der Waals surface area contributed by atoms with Gasteiger partial charge in [0.2, 0.25) is 5.89 Å². The molecule has 5 nitrogen and oxygen atoms in total. The van der Waals surface area contributed by atoms with Gasteiger partial charge in [-0.25, -0.2) is 0 Å². The number of thioether (sulfide) groups is 1. The topological polar surface area (TPSA) is 61.0 Å². The number of hydrogen-bond acceptors (Lipinski definition) is 6. The summed E-state index contributed by atoms with van der Waals surface area (Å²) in [7, 11) is 0. The minimum atomic E-state index is 0.449. The molecule has 2 aromatic carbocycles. The van der Waals surface area contributed by atoms with Gasteiger partial charge in [-0.1, -0.05) is 41.6 Å². The highest BCUT2D eigenvalue weighted by atomic mass is 35.5. The molecule has 0 aliphatic rings. The fraction of sp³-hybridized carbons (Fsp3) is 0.0952. The van der Waals surface area contributed by atoms with Crippen LogP contribution in [0, 0.1) is 0 Å². The lowest BCUT2D eigenvalue weighted by Gasteiger charge is -2.06. The maximum atomic E-state index is 5.90. The van der Waals surface area contributed by atoms with Crippen LogP contribution in [0.15, 0.2) is 82.6 Å². The number of benzene rings is 2. The Morgan fingerprint density at radius 2 is 1.75 bits per heavy atom. The summed E-state index contributed by atoms with van der Waals surface area (Å²) >= 11 is 7.39. The first-order chi connectivity index (χ1) is 13.8. The van der Waals surface area contributed by atoms with Gasteiger partial charge in [0, 0.05) is 22.5 Å². The number of nitrogens with zero attached hydrogens (tertiary/aromatic N) is 3. The van der Waals surface area contributed by atoms with E-state index in [-0.39, 0.29) is 0 Å². The second-order valence-electron chi connectivity index (χ2n) is 5.92. The minimum Gasteiger partial charge on any atom is -0.487 e. The Morgan fingerprint density at radius 1 is 0.929 bits per heavy atom. The van der Waals surface area contributed by atoms with Gasteiger partial charge in [0.15, 0.2) is 0 Å². The van der Waals surface area contributed by atoms with Crippen molar-refractivity contribution in [1.82, 2.24) is 15.2 Å². The number of aromatic nitrogens is 3. The fourth-order valence-electron chi connectivity index (χ4n) is 2.44. The quantitative estimate of drug-likeness (QED) is 0.367. The van der Waals surface area contributed by atoms with Crippen molar-refractivity contribution < 1.29 is 9.15 Å². The summed E-state index contributed by atoms with van der Waals surface area (Å²) < 4.78 is 11.5. The van der Waals surface area contributed by atoms with E-state index in [1.807, 2.05) is 54.6 Å². The van der Waals surface area contributed by atoms with E-state index in [1.54, 1.807) is 18.3 Å². The maximum Gasteiger partial charge on any atom is 0.277 e. The molecule has 0 aliphatic heterocycles. The molecule has 28 heavy (non-hydrogen) atoms. The molecule has 0 radical (unpaired) electrons. The average molecular weight is 410 g/mol. The van der Waals surface area contributed by atoms with Crippen LogP contribution in [-0.4, -0.2) is 15.2 Å². The lowest BCUT2D eigenvalue weighted by Crippen LogP contribution is -1.97. The first-order valence-corrected chi connectivity index (χ1v) is 9.96. The van der Waals surface area contributed by atoms with Crippen molar-refractivity contribution in [2.75, 3.05) is 0 Å². The molecule has 0 atom stereocenters. The molecular formula is C21H16ClN3O2S. The molecule has 0 N–H and O–H groups in total. The van der Waals surface area contributed by atoms with E-state index in [9.17, 15) is 0 Å².